The van der Waals surface area contributed by atoms with Gasteiger partial charge in [-0.2, -0.15) is 0 Å². The minimum Gasteiger partial charge on any atom is -0.461 e. The number of nitrogens with zero attached hydrogens (tertiary/aromatic N) is 8. The maximum atomic E-state index is 15.6. The van der Waals surface area contributed by atoms with Crippen molar-refractivity contribution in [1.29, 1.82) is 0 Å². The smallest absolute Gasteiger partial charge is 0.411 e. The molecule has 40 heavy (non-hydrogen) atoms. The number of benzene rings is 1. The molecule has 0 spiro atoms. The van der Waals surface area contributed by atoms with Crippen molar-refractivity contribution in [3.05, 3.63) is 53.4 Å². The van der Waals surface area contributed by atoms with E-state index in [1.165, 1.54) is 28.0 Å². The third-order valence-corrected chi connectivity index (χ3v) is 6.86. The zero-order valence-electron chi connectivity index (χ0n) is 22.1. The van der Waals surface area contributed by atoms with Gasteiger partial charge in [-0.05, 0) is 44.4 Å². The molecule has 0 aliphatic carbocycles. The van der Waals surface area contributed by atoms with Crippen LogP contribution in [0.1, 0.15) is 65.4 Å². The summed E-state index contributed by atoms with van der Waals surface area (Å²) in [5.41, 5.74) is 1.08. The van der Waals surface area contributed by atoms with Crippen molar-refractivity contribution >= 4 is 23.7 Å². The minimum absolute atomic E-state index is 0.0217. The molecule has 0 saturated carbocycles. The summed E-state index contributed by atoms with van der Waals surface area (Å²) in [6.07, 6.45) is 2.26. The second-order valence-electron chi connectivity index (χ2n) is 9.18. The predicted octanol–water partition coefficient (Wildman–Crippen LogP) is 2.20. The first-order valence-corrected chi connectivity index (χ1v) is 13.0. The van der Waals surface area contributed by atoms with E-state index in [0.717, 1.165) is 0 Å². The fourth-order valence-electron chi connectivity index (χ4n) is 5.01. The van der Waals surface area contributed by atoms with E-state index in [1.54, 1.807) is 30.7 Å². The lowest BCUT2D eigenvalue weighted by molar-refractivity contribution is 0.0495. The van der Waals surface area contributed by atoms with Gasteiger partial charge in [0.25, 0.3) is 0 Å². The first-order chi connectivity index (χ1) is 19.4. The molecule has 15 heteroatoms. The number of amides is 1. The van der Waals surface area contributed by atoms with Gasteiger partial charge in [0, 0.05) is 13.1 Å². The number of hydrogen-bond acceptors (Lipinski definition) is 11. The number of cyclic esters (lactones) is 1. The molecule has 1 amide bonds. The molecule has 212 valence electrons. The molecule has 0 radical (unpaired) electrons. The Morgan fingerprint density at radius 1 is 1.02 bits per heavy atom. The van der Waals surface area contributed by atoms with E-state index >= 15 is 4.39 Å². The molecule has 5 rings (SSSR count). The molecule has 14 nitrogen and oxygen atoms in total. The van der Waals surface area contributed by atoms with Crippen molar-refractivity contribution in [1.82, 2.24) is 34.9 Å². The molecule has 2 fully saturated rings. The summed E-state index contributed by atoms with van der Waals surface area (Å²) >= 11 is 0. The second-order valence-corrected chi connectivity index (χ2v) is 9.18. The number of ether oxygens (including phenoxy) is 3. The molecule has 2 saturated heterocycles. The Balaban J connectivity index is 1.36. The minimum atomic E-state index is -0.972. The van der Waals surface area contributed by atoms with Crippen molar-refractivity contribution in [2.45, 2.75) is 38.9 Å². The summed E-state index contributed by atoms with van der Waals surface area (Å²) in [6.45, 7) is 5.19. The van der Waals surface area contributed by atoms with Crippen LogP contribution in [0, 0.1) is 5.82 Å². The highest BCUT2D eigenvalue weighted by Crippen LogP contribution is 2.33. The van der Waals surface area contributed by atoms with E-state index in [-0.39, 0.29) is 43.8 Å². The van der Waals surface area contributed by atoms with E-state index in [0.29, 0.717) is 37.2 Å². The van der Waals surface area contributed by atoms with Gasteiger partial charge in [0.2, 0.25) is 0 Å². The zero-order valence-corrected chi connectivity index (χ0v) is 22.1. The Labute approximate surface area is 228 Å². The normalized spacial score (nSPS) is 16.6. The van der Waals surface area contributed by atoms with Crippen LogP contribution in [0.5, 0.6) is 0 Å². The standard InChI is InChI=1S/C25H29FN8O6/c1-3-38-23(35)20-14-27-29-33(20)17-7-9-31(10-8-17)19-6-5-16(13-18(19)26)22(32-11-12-40-25(32)37)34-21(15-28-30-34)24(36)39-4-2/h5-6,13-15,17,22H,3-4,7-12H2,1-2H3/t22-/m1/s1. The van der Waals surface area contributed by atoms with E-state index in [1.807, 2.05) is 4.90 Å². The van der Waals surface area contributed by atoms with E-state index in [4.69, 9.17) is 14.2 Å². The lowest BCUT2D eigenvalue weighted by Crippen LogP contribution is -2.37. The topological polar surface area (TPSA) is 147 Å². The van der Waals surface area contributed by atoms with Gasteiger partial charge < -0.3 is 19.1 Å². The van der Waals surface area contributed by atoms with Crippen molar-refractivity contribution in [3.63, 3.8) is 0 Å². The molecule has 0 unspecified atom stereocenters. The van der Waals surface area contributed by atoms with Gasteiger partial charge in [0.05, 0.1) is 43.9 Å². The van der Waals surface area contributed by atoms with Crippen LogP contribution < -0.4 is 4.90 Å². The summed E-state index contributed by atoms with van der Waals surface area (Å²) in [5, 5.41) is 15.8. The monoisotopic (exact) mass is 556 g/mol. The van der Waals surface area contributed by atoms with E-state index in [2.05, 4.69) is 20.6 Å². The highest BCUT2D eigenvalue weighted by molar-refractivity contribution is 5.87. The molecule has 2 aromatic heterocycles. The highest BCUT2D eigenvalue weighted by atomic mass is 19.1. The third kappa shape index (κ3) is 5.18. The summed E-state index contributed by atoms with van der Waals surface area (Å²) < 4.78 is 33.7. The van der Waals surface area contributed by atoms with Crippen LogP contribution in [0.15, 0.2) is 30.6 Å². The Morgan fingerprint density at radius 2 is 1.70 bits per heavy atom. The second kappa shape index (κ2) is 11.7. The molecule has 2 aliphatic heterocycles. The first kappa shape index (κ1) is 27.0. The number of aromatic nitrogens is 6. The maximum absolute atomic E-state index is 15.6. The third-order valence-electron chi connectivity index (χ3n) is 6.86. The molecule has 0 N–H and O–H groups in total. The van der Waals surface area contributed by atoms with Crippen LogP contribution in [0.4, 0.5) is 14.9 Å². The number of halogens is 1. The Bertz CT molecular complexity index is 1390. The lowest BCUT2D eigenvalue weighted by Gasteiger charge is -2.34. The maximum Gasteiger partial charge on any atom is 0.411 e. The Hall–Kier alpha value is -4.56. The largest absolute Gasteiger partial charge is 0.461 e. The van der Waals surface area contributed by atoms with Crippen molar-refractivity contribution in [3.8, 4) is 0 Å². The Kier molecular flexibility index (Phi) is 7.89. The summed E-state index contributed by atoms with van der Waals surface area (Å²) in [7, 11) is 0. The fourth-order valence-corrected chi connectivity index (χ4v) is 5.01. The van der Waals surface area contributed by atoms with Crippen molar-refractivity contribution < 1.29 is 33.0 Å². The van der Waals surface area contributed by atoms with Gasteiger partial charge in [-0.15, -0.1) is 10.2 Å². The zero-order chi connectivity index (χ0) is 28.2. The number of piperidine rings is 1. The molecule has 2 aliphatic rings. The van der Waals surface area contributed by atoms with E-state index < -0.39 is 30.0 Å². The molecule has 1 atom stereocenters. The Morgan fingerprint density at radius 3 is 2.35 bits per heavy atom. The van der Waals surface area contributed by atoms with Crippen molar-refractivity contribution in [2.24, 2.45) is 0 Å². The number of rotatable bonds is 9. The predicted molar refractivity (Wildman–Crippen MR) is 135 cm³/mol. The average Bonchev–Trinajstić information content (AvgIpc) is 3.72. The summed E-state index contributed by atoms with van der Waals surface area (Å²) in [6, 6.07) is 4.57. The number of anilines is 1. The van der Waals surface area contributed by atoms with Crippen LogP contribution in [0.3, 0.4) is 0 Å². The van der Waals surface area contributed by atoms with Crippen LogP contribution in [-0.4, -0.2) is 92.4 Å². The van der Waals surface area contributed by atoms with Crippen molar-refractivity contribution in [2.75, 3.05) is 44.4 Å². The molecule has 1 aromatic carbocycles. The van der Waals surface area contributed by atoms with Crippen LogP contribution >= 0.6 is 0 Å². The van der Waals surface area contributed by atoms with Gasteiger partial charge in [0.15, 0.2) is 17.6 Å². The van der Waals surface area contributed by atoms with Gasteiger partial charge >= 0.3 is 18.0 Å². The molecular formula is C25H29FN8O6. The highest BCUT2D eigenvalue weighted by Gasteiger charge is 2.36. The number of esters is 2. The number of hydrogen-bond donors (Lipinski definition) is 0. The van der Waals surface area contributed by atoms with Gasteiger partial charge in [-0.1, -0.05) is 16.5 Å². The summed E-state index contributed by atoms with van der Waals surface area (Å²) in [4.78, 5) is 40.5. The van der Waals surface area contributed by atoms with Crippen LogP contribution in [0.25, 0.3) is 0 Å². The molecule has 3 aromatic rings. The quantitative estimate of drug-likeness (QED) is 0.282. The van der Waals surface area contributed by atoms with Gasteiger partial charge in [-0.25, -0.2) is 28.1 Å². The summed E-state index contributed by atoms with van der Waals surface area (Å²) in [5.74, 6) is -1.64. The molecule has 0 bridgehead atoms. The lowest BCUT2D eigenvalue weighted by atomic mass is 10.0. The van der Waals surface area contributed by atoms with E-state index in [9.17, 15) is 14.4 Å². The average molecular weight is 557 g/mol. The number of carbonyl (C=O) groups is 3. The number of carbonyl (C=O) groups excluding carboxylic acids is 3. The fraction of sp³-hybridized carbons (Fsp3) is 0.480. The molecular weight excluding hydrogens is 527 g/mol. The van der Waals surface area contributed by atoms with Gasteiger partial charge in [0.1, 0.15) is 12.4 Å². The molecule has 4 heterocycles. The first-order valence-electron chi connectivity index (χ1n) is 13.0. The van der Waals surface area contributed by atoms with Crippen LogP contribution in [0.2, 0.25) is 0 Å². The van der Waals surface area contributed by atoms with Crippen LogP contribution in [-0.2, 0) is 14.2 Å². The SMILES string of the molecule is CCOC(=O)c1cnnn1C1CCN(c2ccc([C@H](N3CCOC3=O)n3nncc3C(=O)OCC)cc2F)CC1. The van der Waals surface area contributed by atoms with Gasteiger partial charge in [-0.3, -0.25) is 4.90 Å².